The van der Waals surface area contributed by atoms with Crippen molar-refractivity contribution in [2.45, 2.75) is 35.5 Å². The molecule has 1 aromatic carbocycles. The zero-order valence-electron chi connectivity index (χ0n) is 9.93. The van der Waals surface area contributed by atoms with Crippen molar-refractivity contribution >= 4 is 11.8 Å². The Balaban J connectivity index is 1.43. The van der Waals surface area contributed by atoms with Gasteiger partial charge in [-0.15, -0.1) is 11.8 Å². The number of aliphatic hydroxyl groups is 1. The van der Waals surface area contributed by atoms with Crippen LogP contribution < -0.4 is 5.32 Å². The second-order valence-corrected chi connectivity index (χ2v) is 6.46. The Morgan fingerprint density at radius 1 is 1.35 bits per heavy atom. The molecule has 1 heterocycles. The molecule has 1 fully saturated rings. The normalized spacial score (nSPS) is 24.6. The van der Waals surface area contributed by atoms with E-state index in [9.17, 15) is 5.11 Å². The molecule has 3 heteroatoms. The SMILES string of the molecule is OC(CNCC1Cc2ccccc2S1)C1CC1. The summed E-state index contributed by atoms with van der Waals surface area (Å²) in [6.45, 7) is 1.77. The maximum atomic E-state index is 9.77. The van der Waals surface area contributed by atoms with Crippen LogP contribution in [0.25, 0.3) is 0 Å². The molecule has 0 spiro atoms. The van der Waals surface area contributed by atoms with Crippen LogP contribution in [0.4, 0.5) is 0 Å². The lowest BCUT2D eigenvalue weighted by atomic mass is 10.1. The van der Waals surface area contributed by atoms with Crippen LogP contribution in [-0.2, 0) is 6.42 Å². The molecular weight excluding hydrogens is 230 g/mol. The second-order valence-electron chi connectivity index (χ2n) is 5.11. The first-order valence-electron chi connectivity index (χ1n) is 6.46. The van der Waals surface area contributed by atoms with Crippen molar-refractivity contribution in [3.8, 4) is 0 Å². The highest BCUT2D eigenvalue weighted by Crippen LogP contribution is 2.36. The monoisotopic (exact) mass is 249 g/mol. The highest BCUT2D eigenvalue weighted by Gasteiger charge is 2.29. The molecule has 2 unspecified atom stereocenters. The molecule has 0 amide bonds. The van der Waals surface area contributed by atoms with E-state index >= 15 is 0 Å². The van der Waals surface area contributed by atoms with Gasteiger partial charge in [-0.05, 0) is 36.8 Å². The Bertz CT molecular complexity index is 367. The van der Waals surface area contributed by atoms with E-state index in [4.69, 9.17) is 0 Å². The Morgan fingerprint density at radius 2 is 2.18 bits per heavy atom. The molecule has 0 radical (unpaired) electrons. The van der Waals surface area contributed by atoms with Gasteiger partial charge in [0, 0.05) is 23.2 Å². The Hall–Kier alpha value is -0.510. The van der Waals surface area contributed by atoms with Crippen LogP contribution in [0, 0.1) is 5.92 Å². The number of thioether (sulfide) groups is 1. The smallest absolute Gasteiger partial charge is 0.0692 e. The number of rotatable bonds is 5. The van der Waals surface area contributed by atoms with Crippen molar-refractivity contribution in [3.63, 3.8) is 0 Å². The van der Waals surface area contributed by atoms with Crippen LogP contribution in [-0.4, -0.2) is 29.5 Å². The molecule has 2 N–H and O–H groups in total. The fourth-order valence-corrected chi connectivity index (χ4v) is 3.69. The summed E-state index contributed by atoms with van der Waals surface area (Å²) < 4.78 is 0. The van der Waals surface area contributed by atoms with E-state index in [-0.39, 0.29) is 6.10 Å². The maximum absolute atomic E-state index is 9.77. The Labute approximate surface area is 107 Å². The van der Waals surface area contributed by atoms with E-state index in [1.54, 1.807) is 0 Å². The molecule has 0 saturated heterocycles. The Kier molecular flexibility index (Phi) is 3.41. The van der Waals surface area contributed by atoms with Crippen molar-refractivity contribution in [1.29, 1.82) is 0 Å². The largest absolute Gasteiger partial charge is 0.392 e. The molecule has 2 nitrogen and oxygen atoms in total. The number of fused-ring (bicyclic) bond motifs is 1. The number of hydrogen-bond acceptors (Lipinski definition) is 3. The summed E-state index contributed by atoms with van der Waals surface area (Å²) in [7, 11) is 0. The van der Waals surface area contributed by atoms with Gasteiger partial charge in [0.15, 0.2) is 0 Å². The highest BCUT2D eigenvalue weighted by molar-refractivity contribution is 8.00. The lowest BCUT2D eigenvalue weighted by molar-refractivity contribution is 0.149. The van der Waals surface area contributed by atoms with Gasteiger partial charge in [0.25, 0.3) is 0 Å². The fraction of sp³-hybridized carbons (Fsp3) is 0.571. The third-order valence-electron chi connectivity index (χ3n) is 3.61. The van der Waals surface area contributed by atoms with Gasteiger partial charge in [-0.25, -0.2) is 0 Å². The molecule has 17 heavy (non-hydrogen) atoms. The van der Waals surface area contributed by atoms with E-state index < -0.39 is 0 Å². The molecule has 2 aliphatic rings. The van der Waals surface area contributed by atoms with Crippen LogP contribution in [0.3, 0.4) is 0 Å². The van der Waals surface area contributed by atoms with E-state index in [1.165, 1.54) is 23.3 Å². The topological polar surface area (TPSA) is 32.3 Å². The maximum Gasteiger partial charge on any atom is 0.0692 e. The van der Waals surface area contributed by atoms with Crippen molar-refractivity contribution in [1.82, 2.24) is 5.32 Å². The van der Waals surface area contributed by atoms with E-state index in [0.717, 1.165) is 19.5 Å². The molecule has 1 aliphatic heterocycles. The van der Waals surface area contributed by atoms with Gasteiger partial charge in [-0.2, -0.15) is 0 Å². The minimum Gasteiger partial charge on any atom is -0.392 e. The fourth-order valence-electron chi connectivity index (χ4n) is 2.41. The zero-order valence-corrected chi connectivity index (χ0v) is 10.7. The number of benzene rings is 1. The van der Waals surface area contributed by atoms with Gasteiger partial charge in [0.2, 0.25) is 0 Å². The van der Waals surface area contributed by atoms with Gasteiger partial charge in [0.1, 0.15) is 0 Å². The van der Waals surface area contributed by atoms with Crippen LogP contribution in [0.2, 0.25) is 0 Å². The third kappa shape index (κ3) is 2.84. The summed E-state index contributed by atoms with van der Waals surface area (Å²) in [4.78, 5) is 1.43. The predicted molar refractivity (Wildman–Crippen MR) is 71.4 cm³/mol. The number of aliphatic hydroxyl groups excluding tert-OH is 1. The molecule has 0 aromatic heterocycles. The molecule has 3 rings (SSSR count). The Morgan fingerprint density at radius 3 is 2.94 bits per heavy atom. The first-order valence-corrected chi connectivity index (χ1v) is 7.34. The average Bonchev–Trinajstić information content (AvgIpc) is 3.09. The van der Waals surface area contributed by atoms with Crippen LogP contribution >= 0.6 is 11.8 Å². The van der Waals surface area contributed by atoms with Gasteiger partial charge < -0.3 is 10.4 Å². The van der Waals surface area contributed by atoms with E-state index in [1.807, 2.05) is 11.8 Å². The van der Waals surface area contributed by atoms with Crippen LogP contribution in [0.5, 0.6) is 0 Å². The standard InChI is InChI=1S/C14H19NOS/c16-13(10-5-6-10)9-15-8-12-7-11-3-1-2-4-14(11)17-12/h1-4,10,12-13,15-16H,5-9H2. The molecular formula is C14H19NOS. The molecule has 92 valence electrons. The van der Waals surface area contributed by atoms with Gasteiger partial charge in [-0.3, -0.25) is 0 Å². The van der Waals surface area contributed by atoms with Crippen molar-refractivity contribution in [2.75, 3.05) is 13.1 Å². The van der Waals surface area contributed by atoms with Gasteiger partial charge >= 0.3 is 0 Å². The van der Waals surface area contributed by atoms with E-state index in [2.05, 4.69) is 29.6 Å². The molecule has 1 saturated carbocycles. The van der Waals surface area contributed by atoms with Crippen LogP contribution in [0.1, 0.15) is 18.4 Å². The first kappa shape index (κ1) is 11.6. The van der Waals surface area contributed by atoms with Gasteiger partial charge in [-0.1, -0.05) is 18.2 Å². The molecule has 1 aromatic rings. The third-order valence-corrected chi connectivity index (χ3v) is 4.92. The van der Waals surface area contributed by atoms with Crippen LogP contribution in [0.15, 0.2) is 29.2 Å². The second kappa shape index (κ2) is 5.01. The number of hydrogen-bond donors (Lipinski definition) is 2. The zero-order chi connectivity index (χ0) is 11.7. The predicted octanol–water partition coefficient (Wildman–Crippen LogP) is 2.06. The molecule has 2 atom stereocenters. The lowest BCUT2D eigenvalue weighted by Gasteiger charge is -2.13. The first-order chi connectivity index (χ1) is 8.33. The summed E-state index contributed by atoms with van der Waals surface area (Å²) in [5.74, 6) is 0.580. The highest BCUT2D eigenvalue weighted by atomic mass is 32.2. The minimum atomic E-state index is -0.122. The lowest BCUT2D eigenvalue weighted by Crippen LogP contribution is -2.32. The van der Waals surface area contributed by atoms with Crippen molar-refractivity contribution in [3.05, 3.63) is 29.8 Å². The van der Waals surface area contributed by atoms with E-state index in [0.29, 0.717) is 11.2 Å². The van der Waals surface area contributed by atoms with Gasteiger partial charge in [0.05, 0.1) is 6.10 Å². The summed E-state index contributed by atoms with van der Waals surface area (Å²) >= 11 is 1.97. The molecule has 1 aliphatic carbocycles. The summed E-state index contributed by atoms with van der Waals surface area (Å²) in [5.41, 5.74) is 1.48. The number of nitrogens with one attached hydrogen (secondary N) is 1. The van der Waals surface area contributed by atoms with Crippen molar-refractivity contribution < 1.29 is 5.11 Å². The minimum absolute atomic E-state index is 0.122. The average molecular weight is 249 g/mol. The summed E-state index contributed by atoms with van der Waals surface area (Å²) in [6, 6.07) is 8.66. The summed E-state index contributed by atoms with van der Waals surface area (Å²) in [5, 5.41) is 13.8. The van der Waals surface area contributed by atoms with Crippen molar-refractivity contribution in [2.24, 2.45) is 5.92 Å². The quantitative estimate of drug-likeness (QED) is 0.838. The molecule has 0 bridgehead atoms. The summed E-state index contributed by atoms with van der Waals surface area (Å²) in [6.07, 6.45) is 3.47.